The van der Waals surface area contributed by atoms with E-state index in [1.807, 2.05) is 24.3 Å². The largest absolute Gasteiger partial charge is 0.465 e. The molecule has 22 heteroatoms. The Kier molecular flexibility index (Phi) is 19.2. The van der Waals surface area contributed by atoms with Gasteiger partial charge in [0.1, 0.15) is 0 Å². The average molecular weight is 1110 g/mol. The zero-order chi connectivity index (χ0) is 57.2. The molecule has 78 heavy (non-hydrogen) atoms. The number of aliphatic hydroxyl groups excluding tert-OH is 1. The summed E-state index contributed by atoms with van der Waals surface area (Å²) in [6.07, 6.45) is -0.890. The first-order valence-corrected chi connectivity index (χ1v) is 24.5. The van der Waals surface area contributed by atoms with Crippen LogP contribution in [0.3, 0.4) is 0 Å². The van der Waals surface area contributed by atoms with Gasteiger partial charge in [-0.2, -0.15) is 0 Å². The standard InChI is InChI=1S/C27H26FN3O4.C26H23FN2O6.C2Cl2O2.CH4O/c1-27(2,26(29)33)22-18-4-3-5-20(28)23(18)35-24-19(22)10-11-21(30-24)16-6-8-17(9-7-16)25(32)31-12-14-34-15-13-31;1-26(2,24(31)29-25(32)34-4)20-16-6-5-7-18(27)21(16)35-22-17(20)12-13-19(28-22)14-8-10-15(11-9-14)23(30)33-3;3-1(5)2(4)6;1-2/h3-11,22H,12-15H2,1-2H3,(H2,29,33);5-13,20H,1-4H3,(H,29,31,32);;2H,1H3/t22-;20-;;/m00../s1. The second-order valence-electron chi connectivity index (χ2n) is 18.4. The van der Waals surface area contributed by atoms with Crippen molar-refractivity contribution in [3.05, 3.63) is 154 Å². The Morgan fingerprint density at radius 1 is 0.628 bits per heavy atom. The Hall–Kier alpha value is -8.17. The fourth-order valence-electron chi connectivity index (χ4n) is 8.84. The summed E-state index contributed by atoms with van der Waals surface area (Å²) in [5.74, 6) is -3.54. The third-order valence-corrected chi connectivity index (χ3v) is 13.4. The molecule has 6 aromatic rings. The number of halogens is 4. The van der Waals surface area contributed by atoms with Crippen LogP contribution in [-0.2, 0) is 33.4 Å². The number of pyridine rings is 2. The highest BCUT2D eigenvalue weighted by Gasteiger charge is 2.46. The average Bonchev–Trinajstić information content (AvgIpc) is 3.63. The van der Waals surface area contributed by atoms with E-state index >= 15 is 0 Å². The van der Waals surface area contributed by atoms with Gasteiger partial charge in [-0.1, -0.05) is 88.4 Å². The SMILES string of the molecule is CC(C)(C(N)=O)[C@@H]1c2ccc(-c3ccc(C(=O)N4CCOCC4)cc3)nc2Oc2c(F)cccc21.CO.COC(=O)NC(=O)C(C)(C)[C@@H]1c2ccc(-c3ccc(C(=O)OC)cc3)nc2Oc2c(F)cccc21.O=C(Cl)C(=O)Cl. The van der Waals surface area contributed by atoms with E-state index in [-0.39, 0.29) is 29.2 Å². The number of esters is 1. The van der Waals surface area contributed by atoms with Gasteiger partial charge < -0.3 is 39.4 Å². The first kappa shape index (κ1) is 59.1. The van der Waals surface area contributed by atoms with Crippen molar-refractivity contribution >= 4 is 63.5 Å². The molecule has 1 saturated heterocycles. The summed E-state index contributed by atoms with van der Waals surface area (Å²) in [4.78, 5) is 91.4. The second kappa shape index (κ2) is 25.3. The van der Waals surface area contributed by atoms with Crippen LogP contribution in [0.4, 0.5) is 13.6 Å². The first-order chi connectivity index (χ1) is 37.1. The van der Waals surface area contributed by atoms with Crippen LogP contribution in [0, 0.1) is 22.5 Å². The van der Waals surface area contributed by atoms with Gasteiger partial charge in [-0.05, 0) is 71.7 Å². The van der Waals surface area contributed by atoms with E-state index < -0.39 is 68.7 Å². The van der Waals surface area contributed by atoms with Gasteiger partial charge in [-0.15, -0.1) is 0 Å². The maximum absolute atomic E-state index is 14.8. The Morgan fingerprint density at radius 2 is 1.06 bits per heavy atom. The van der Waals surface area contributed by atoms with E-state index in [1.54, 1.807) is 99.3 Å². The number of amides is 4. The number of nitrogens with two attached hydrogens (primary N) is 1. The van der Waals surface area contributed by atoms with Crippen LogP contribution in [0.15, 0.2) is 109 Å². The molecule has 0 aliphatic carbocycles. The second-order valence-corrected chi connectivity index (χ2v) is 19.1. The number of fused-ring (bicyclic) bond motifs is 4. The lowest BCUT2D eigenvalue weighted by Crippen LogP contribution is -2.44. The Bertz CT molecular complexity index is 3250. The number of para-hydroxylation sites is 2. The summed E-state index contributed by atoms with van der Waals surface area (Å²) in [5, 5.41) is 6.92. The fraction of sp³-hybridized carbons (Fsp3) is 0.268. The van der Waals surface area contributed by atoms with E-state index in [9.17, 15) is 42.3 Å². The van der Waals surface area contributed by atoms with E-state index in [0.717, 1.165) is 19.8 Å². The highest BCUT2D eigenvalue weighted by Crippen LogP contribution is 2.54. The number of aliphatic hydroxyl groups is 1. The zero-order valence-corrected chi connectivity index (χ0v) is 44.7. The van der Waals surface area contributed by atoms with Gasteiger partial charge in [0.2, 0.25) is 23.6 Å². The summed E-state index contributed by atoms with van der Waals surface area (Å²) < 4.78 is 55.9. The normalized spacial score (nSPS) is 14.7. The predicted molar refractivity (Wildman–Crippen MR) is 281 cm³/mol. The lowest BCUT2D eigenvalue weighted by molar-refractivity contribution is -0.129. The summed E-state index contributed by atoms with van der Waals surface area (Å²) in [6.45, 7) is 9.01. The van der Waals surface area contributed by atoms with E-state index in [2.05, 4.69) is 43.2 Å². The molecule has 0 unspecified atom stereocenters. The molecule has 2 aromatic heterocycles. The maximum atomic E-state index is 14.8. The van der Waals surface area contributed by atoms with Crippen molar-refractivity contribution in [2.45, 2.75) is 39.5 Å². The third kappa shape index (κ3) is 12.8. The molecule has 3 aliphatic rings. The van der Waals surface area contributed by atoms with Gasteiger partial charge in [0.25, 0.3) is 5.91 Å². The minimum absolute atomic E-state index is 0.0327. The van der Waals surface area contributed by atoms with Crippen LogP contribution < -0.4 is 20.5 Å². The number of imide groups is 1. The topological polar surface area (TPSA) is 253 Å². The van der Waals surface area contributed by atoms with Crippen LogP contribution in [0.2, 0.25) is 0 Å². The van der Waals surface area contributed by atoms with Crippen LogP contribution in [0.5, 0.6) is 23.3 Å². The van der Waals surface area contributed by atoms with Gasteiger partial charge in [-0.25, -0.2) is 28.3 Å². The molecule has 4 N–H and O–H groups in total. The van der Waals surface area contributed by atoms with Crippen LogP contribution >= 0.6 is 23.2 Å². The molecule has 3 aliphatic heterocycles. The molecule has 5 heterocycles. The third-order valence-electron chi connectivity index (χ3n) is 13.0. The number of morpholine rings is 1. The van der Waals surface area contributed by atoms with Crippen molar-refractivity contribution in [3.63, 3.8) is 0 Å². The molecular weight excluding hydrogens is 1060 g/mol. The minimum Gasteiger partial charge on any atom is -0.465 e. The van der Waals surface area contributed by atoms with Crippen molar-refractivity contribution in [3.8, 4) is 45.8 Å². The van der Waals surface area contributed by atoms with Crippen molar-refractivity contribution in [2.75, 3.05) is 47.6 Å². The number of primary amides is 1. The number of alkyl carbamates (subject to hydrolysis) is 1. The number of ether oxygens (including phenoxy) is 5. The van der Waals surface area contributed by atoms with E-state index in [1.165, 1.54) is 25.3 Å². The van der Waals surface area contributed by atoms with Gasteiger partial charge >= 0.3 is 22.5 Å². The summed E-state index contributed by atoms with van der Waals surface area (Å²) >= 11 is 8.98. The monoisotopic (exact) mass is 1110 g/mol. The molecule has 4 amide bonds. The number of benzene rings is 4. The molecule has 2 atom stereocenters. The number of nitrogens with one attached hydrogen (secondary N) is 1. The van der Waals surface area contributed by atoms with Crippen LogP contribution in [0.25, 0.3) is 22.5 Å². The Labute approximate surface area is 456 Å². The van der Waals surface area contributed by atoms with Gasteiger partial charge in [0.05, 0.1) is 55.2 Å². The molecule has 408 valence electrons. The number of carbonyl (C=O) groups is 7. The summed E-state index contributed by atoms with van der Waals surface area (Å²) in [7, 11) is 3.46. The molecule has 0 spiro atoms. The van der Waals surface area contributed by atoms with Gasteiger partial charge in [-0.3, -0.25) is 29.3 Å². The van der Waals surface area contributed by atoms with E-state index in [0.29, 0.717) is 76.6 Å². The van der Waals surface area contributed by atoms with Gasteiger partial charge in [0.15, 0.2) is 23.1 Å². The highest BCUT2D eigenvalue weighted by molar-refractivity contribution is 6.97. The quantitative estimate of drug-likeness (QED) is 0.0693. The van der Waals surface area contributed by atoms with Crippen LogP contribution in [0.1, 0.15) is 82.5 Å². The Morgan fingerprint density at radius 3 is 1.47 bits per heavy atom. The molecule has 9 rings (SSSR count). The maximum Gasteiger partial charge on any atom is 0.413 e. The highest BCUT2D eigenvalue weighted by atomic mass is 35.5. The summed E-state index contributed by atoms with van der Waals surface area (Å²) in [5.41, 5.74) is 9.33. The molecule has 0 saturated carbocycles. The zero-order valence-electron chi connectivity index (χ0n) is 43.2. The minimum atomic E-state index is -1.21. The Balaban J connectivity index is 0.000000222. The lowest BCUT2D eigenvalue weighted by Gasteiger charge is -2.37. The molecule has 1 fully saturated rings. The van der Waals surface area contributed by atoms with Crippen molar-refractivity contribution in [2.24, 2.45) is 16.6 Å². The smallest absolute Gasteiger partial charge is 0.413 e. The number of hydrogen-bond donors (Lipinski definition) is 3. The summed E-state index contributed by atoms with van der Waals surface area (Å²) in [6, 6.07) is 30.1. The number of aromatic nitrogens is 2. The number of nitrogens with zero attached hydrogens (tertiary/aromatic N) is 3. The molecule has 0 bridgehead atoms. The fourth-order valence-corrected chi connectivity index (χ4v) is 8.84. The first-order valence-electron chi connectivity index (χ1n) is 23.7. The van der Waals surface area contributed by atoms with Gasteiger partial charge in [0, 0.05) is 71.0 Å². The number of rotatable bonds is 9. The van der Waals surface area contributed by atoms with Crippen LogP contribution in [-0.4, -0.2) is 108 Å². The van der Waals surface area contributed by atoms with Crippen molar-refractivity contribution in [1.82, 2.24) is 20.2 Å². The molecule has 18 nitrogen and oxygen atoms in total. The molecular formula is C56H53Cl2F2N5O13. The van der Waals surface area contributed by atoms with Crippen molar-refractivity contribution < 1.29 is 71.1 Å². The van der Waals surface area contributed by atoms with Crippen molar-refractivity contribution in [1.29, 1.82) is 0 Å². The number of hydrogen-bond acceptors (Lipinski definition) is 15. The lowest BCUT2D eigenvalue weighted by atomic mass is 9.69. The predicted octanol–water partition coefficient (Wildman–Crippen LogP) is 9.06. The number of methoxy groups -OCH3 is 2. The number of carbonyl (C=O) groups excluding carboxylic acids is 7. The van der Waals surface area contributed by atoms with E-state index in [4.69, 9.17) is 29.8 Å². The molecule has 4 aromatic carbocycles. The molecule has 0 radical (unpaired) electrons.